The summed E-state index contributed by atoms with van der Waals surface area (Å²) in [4.78, 5) is 31.8. The summed E-state index contributed by atoms with van der Waals surface area (Å²) in [5, 5.41) is 0. The predicted molar refractivity (Wildman–Crippen MR) is 125 cm³/mol. The average Bonchev–Trinajstić information content (AvgIpc) is 3.19. The minimum absolute atomic E-state index is 0.0294. The Morgan fingerprint density at radius 1 is 1.06 bits per heavy atom. The van der Waals surface area contributed by atoms with Crippen LogP contribution < -0.4 is 5.73 Å². The molecule has 0 saturated carbocycles. The van der Waals surface area contributed by atoms with Gasteiger partial charge in [0.05, 0.1) is 5.69 Å². The van der Waals surface area contributed by atoms with Gasteiger partial charge in [0.1, 0.15) is 5.76 Å². The topological polar surface area (TPSA) is 89.4 Å². The first-order chi connectivity index (χ1) is 15.4. The number of nitrogens with two attached hydrogens (primary N) is 1. The van der Waals surface area contributed by atoms with E-state index in [0.29, 0.717) is 37.4 Å². The van der Waals surface area contributed by atoms with Gasteiger partial charge < -0.3 is 15.1 Å². The summed E-state index contributed by atoms with van der Waals surface area (Å²) < 4.78 is 5.90. The van der Waals surface area contributed by atoms with E-state index in [2.05, 4.69) is 36.2 Å². The third kappa shape index (κ3) is 5.05. The molecule has 0 atom stereocenters. The van der Waals surface area contributed by atoms with Crippen LogP contribution in [0.4, 0.5) is 0 Å². The van der Waals surface area contributed by atoms with Crippen molar-refractivity contribution in [3.8, 4) is 11.5 Å². The maximum absolute atomic E-state index is 12.8. The molecule has 3 aromatic rings. The van der Waals surface area contributed by atoms with Gasteiger partial charge in [0.2, 0.25) is 11.8 Å². The molecule has 0 unspecified atom stereocenters. The molecule has 1 aliphatic heterocycles. The average molecular weight is 450 g/mol. The van der Waals surface area contributed by atoms with Crippen LogP contribution in [0.15, 0.2) is 57.8 Å². The second kappa shape index (κ2) is 9.61. The monoisotopic (exact) mass is 449 g/mol. The Hall–Kier alpha value is -3.06. The lowest BCUT2D eigenvalue weighted by Crippen LogP contribution is -2.41. The highest BCUT2D eigenvalue weighted by molar-refractivity contribution is 7.98. The van der Waals surface area contributed by atoms with Crippen LogP contribution in [0.5, 0.6) is 0 Å². The first-order valence-corrected chi connectivity index (χ1v) is 11.7. The van der Waals surface area contributed by atoms with Crippen LogP contribution in [0.2, 0.25) is 0 Å². The number of hydrogen-bond donors (Lipinski definition) is 1. The lowest BCUT2D eigenvalue weighted by Gasteiger charge is -2.30. The van der Waals surface area contributed by atoms with E-state index in [1.807, 2.05) is 19.1 Å². The lowest BCUT2D eigenvalue weighted by molar-refractivity contribution is -0.123. The number of nitrogens with zero attached hydrogens (tertiary/aromatic N) is 2. The molecule has 2 aromatic carbocycles. The number of carbonyl (C=O) groups excluding carboxylic acids is 2. The van der Waals surface area contributed by atoms with Crippen LogP contribution in [-0.4, -0.2) is 34.8 Å². The van der Waals surface area contributed by atoms with Crippen LogP contribution in [0.25, 0.3) is 11.5 Å². The first-order valence-electron chi connectivity index (χ1n) is 10.8. The standard InChI is InChI=1S/C25H27N3O3S/c1-16-3-9-21(10-4-16)32-15-22-17(2)31-24(27-22)19-5-7-20(8-6-19)25(30)28-13-11-18(12-14-28)23(26)29/h3-10,18H,11-15H2,1-2H3,(H2,26,29). The number of likely N-dealkylation sites (tertiary alicyclic amines) is 1. The molecule has 0 spiro atoms. The number of primary amides is 1. The largest absolute Gasteiger partial charge is 0.441 e. The number of rotatable bonds is 6. The number of aryl methyl sites for hydroxylation is 2. The zero-order chi connectivity index (χ0) is 22.7. The van der Waals surface area contributed by atoms with E-state index < -0.39 is 0 Å². The number of amides is 2. The summed E-state index contributed by atoms with van der Waals surface area (Å²) in [6.07, 6.45) is 1.25. The van der Waals surface area contributed by atoms with Gasteiger partial charge in [0, 0.05) is 40.8 Å². The Bertz CT molecular complexity index is 1100. The highest BCUT2D eigenvalue weighted by Crippen LogP contribution is 2.28. The summed E-state index contributed by atoms with van der Waals surface area (Å²) in [5.74, 6) is 1.65. The van der Waals surface area contributed by atoms with Crippen LogP contribution in [-0.2, 0) is 10.5 Å². The molecule has 0 radical (unpaired) electrons. The van der Waals surface area contributed by atoms with Crippen molar-refractivity contribution in [3.05, 3.63) is 71.1 Å². The third-order valence-electron chi connectivity index (χ3n) is 5.85. The second-order valence-electron chi connectivity index (χ2n) is 8.17. The number of thioether (sulfide) groups is 1. The molecule has 166 valence electrons. The first kappa shape index (κ1) is 22.1. The summed E-state index contributed by atoms with van der Waals surface area (Å²) in [7, 11) is 0. The molecule has 1 aromatic heterocycles. The van der Waals surface area contributed by atoms with Gasteiger partial charge in [-0.05, 0) is 63.1 Å². The second-order valence-corrected chi connectivity index (χ2v) is 9.22. The summed E-state index contributed by atoms with van der Waals surface area (Å²) in [5.41, 5.74) is 8.99. The minimum Gasteiger partial charge on any atom is -0.441 e. The maximum atomic E-state index is 12.8. The summed E-state index contributed by atoms with van der Waals surface area (Å²) in [6, 6.07) is 15.8. The number of hydrogen-bond acceptors (Lipinski definition) is 5. The van der Waals surface area contributed by atoms with Crippen LogP contribution >= 0.6 is 11.8 Å². The SMILES string of the molecule is Cc1ccc(SCc2nc(-c3ccc(C(=O)N4CCC(C(N)=O)CC4)cc3)oc2C)cc1. The van der Waals surface area contributed by atoms with Gasteiger partial charge in [-0.2, -0.15) is 0 Å². The zero-order valence-electron chi connectivity index (χ0n) is 18.3. The number of aromatic nitrogens is 1. The van der Waals surface area contributed by atoms with Gasteiger partial charge in [-0.1, -0.05) is 17.7 Å². The fourth-order valence-electron chi connectivity index (χ4n) is 3.78. The van der Waals surface area contributed by atoms with E-state index in [0.717, 1.165) is 22.8 Å². The van der Waals surface area contributed by atoms with Crippen molar-refractivity contribution in [1.82, 2.24) is 9.88 Å². The van der Waals surface area contributed by atoms with Gasteiger partial charge in [-0.15, -0.1) is 11.8 Å². The van der Waals surface area contributed by atoms with Crippen LogP contribution in [0.3, 0.4) is 0 Å². The van der Waals surface area contributed by atoms with Crippen molar-refractivity contribution in [3.63, 3.8) is 0 Å². The highest BCUT2D eigenvalue weighted by Gasteiger charge is 2.26. The number of benzene rings is 2. The van der Waals surface area contributed by atoms with Crippen molar-refractivity contribution in [2.45, 2.75) is 37.3 Å². The quantitative estimate of drug-likeness (QED) is 0.556. The Balaban J connectivity index is 1.39. The zero-order valence-corrected chi connectivity index (χ0v) is 19.2. The van der Waals surface area contributed by atoms with E-state index in [-0.39, 0.29) is 17.7 Å². The molecule has 1 saturated heterocycles. The molecular weight excluding hydrogens is 422 g/mol. The molecular formula is C25H27N3O3S. The predicted octanol–water partition coefficient (Wildman–Crippen LogP) is 4.59. The van der Waals surface area contributed by atoms with Crippen molar-refractivity contribution in [2.75, 3.05) is 13.1 Å². The minimum atomic E-state index is -0.278. The third-order valence-corrected chi connectivity index (χ3v) is 6.88. The van der Waals surface area contributed by atoms with Gasteiger partial charge in [-0.25, -0.2) is 4.98 Å². The van der Waals surface area contributed by atoms with Crippen molar-refractivity contribution < 1.29 is 14.0 Å². The molecule has 1 fully saturated rings. The molecule has 0 aliphatic carbocycles. The number of oxazole rings is 1. The molecule has 1 aliphatic rings. The fourth-order valence-corrected chi connectivity index (χ4v) is 4.68. The smallest absolute Gasteiger partial charge is 0.253 e. The van der Waals surface area contributed by atoms with Crippen molar-refractivity contribution in [2.24, 2.45) is 11.7 Å². The molecule has 2 N–H and O–H groups in total. The molecule has 2 amide bonds. The Kier molecular flexibility index (Phi) is 6.65. The summed E-state index contributed by atoms with van der Waals surface area (Å²) >= 11 is 1.73. The van der Waals surface area contributed by atoms with E-state index in [1.165, 1.54) is 10.5 Å². The fraction of sp³-hybridized carbons (Fsp3) is 0.320. The molecule has 7 heteroatoms. The number of carbonyl (C=O) groups is 2. The number of piperidine rings is 1. The normalized spacial score (nSPS) is 14.5. The van der Waals surface area contributed by atoms with E-state index in [1.54, 1.807) is 28.8 Å². The highest BCUT2D eigenvalue weighted by atomic mass is 32.2. The Morgan fingerprint density at radius 3 is 2.34 bits per heavy atom. The molecule has 4 rings (SSSR count). The lowest BCUT2D eigenvalue weighted by atomic mass is 9.96. The van der Waals surface area contributed by atoms with Gasteiger partial charge in [0.15, 0.2) is 0 Å². The van der Waals surface area contributed by atoms with Gasteiger partial charge in [-0.3, -0.25) is 9.59 Å². The molecule has 0 bridgehead atoms. The van der Waals surface area contributed by atoms with Crippen molar-refractivity contribution >= 4 is 23.6 Å². The molecule has 32 heavy (non-hydrogen) atoms. The Labute approximate surface area is 192 Å². The van der Waals surface area contributed by atoms with Crippen molar-refractivity contribution in [1.29, 1.82) is 0 Å². The van der Waals surface area contributed by atoms with Gasteiger partial charge >= 0.3 is 0 Å². The van der Waals surface area contributed by atoms with E-state index in [9.17, 15) is 9.59 Å². The van der Waals surface area contributed by atoms with E-state index >= 15 is 0 Å². The van der Waals surface area contributed by atoms with E-state index in [4.69, 9.17) is 10.2 Å². The Morgan fingerprint density at radius 2 is 1.72 bits per heavy atom. The molecule has 2 heterocycles. The van der Waals surface area contributed by atoms with Crippen LogP contribution in [0, 0.1) is 19.8 Å². The van der Waals surface area contributed by atoms with Gasteiger partial charge in [0.25, 0.3) is 5.91 Å². The van der Waals surface area contributed by atoms with Crippen LogP contribution in [0.1, 0.15) is 40.2 Å². The summed E-state index contributed by atoms with van der Waals surface area (Å²) in [6.45, 7) is 5.10. The maximum Gasteiger partial charge on any atom is 0.253 e. The molecule has 6 nitrogen and oxygen atoms in total.